The first-order chi connectivity index (χ1) is 8.64. The average molecular weight is 316 g/mol. The van der Waals surface area contributed by atoms with Crippen molar-refractivity contribution < 1.29 is 27.1 Å². The van der Waals surface area contributed by atoms with E-state index >= 15 is 0 Å². The van der Waals surface area contributed by atoms with Crippen molar-refractivity contribution in [2.75, 3.05) is 7.11 Å². The number of esters is 1. The second-order valence-electron chi connectivity index (χ2n) is 4.57. The minimum absolute atomic E-state index is 0. The fraction of sp³-hybridized carbons (Fsp3) is 0.417. The van der Waals surface area contributed by atoms with Crippen molar-refractivity contribution in [3.63, 3.8) is 0 Å². The number of nitrogens with two attached hydrogens (primary N) is 1. The molecule has 0 saturated carbocycles. The van der Waals surface area contributed by atoms with Crippen LogP contribution in [0.3, 0.4) is 0 Å². The molecule has 0 aliphatic carbocycles. The Morgan fingerprint density at radius 3 is 1.95 bits per heavy atom. The maximum atomic E-state index is 13.6. The molecular formula is C12H14ClF4NO2. The van der Waals surface area contributed by atoms with E-state index in [0.29, 0.717) is 0 Å². The van der Waals surface area contributed by atoms with E-state index in [9.17, 15) is 22.4 Å². The number of ether oxygens (including phenoxy) is 1. The highest BCUT2D eigenvalue weighted by atomic mass is 35.5. The third kappa shape index (κ3) is 3.04. The van der Waals surface area contributed by atoms with Crippen LogP contribution >= 0.6 is 12.4 Å². The zero-order valence-corrected chi connectivity index (χ0v) is 11.8. The highest BCUT2D eigenvalue weighted by molar-refractivity contribution is 5.85. The van der Waals surface area contributed by atoms with Gasteiger partial charge in [-0.3, -0.25) is 4.79 Å². The van der Waals surface area contributed by atoms with Crippen LogP contribution in [0, 0.1) is 28.7 Å². The largest absolute Gasteiger partial charge is 0.469 e. The Kier molecular flexibility index (Phi) is 5.98. The number of hydrogen-bond acceptors (Lipinski definition) is 3. The third-order valence-electron chi connectivity index (χ3n) is 2.95. The van der Waals surface area contributed by atoms with Crippen molar-refractivity contribution >= 4 is 18.4 Å². The summed E-state index contributed by atoms with van der Waals surface area (Å²) in [4.78, 5) is 11.5. The van der Waals surface area contributed by atoms with Gasteiger partial charge in [0.25, 0.3) is 0 Å². The minimum Gasteiger partial charge on any atom is -0.469 e. The van der Waals surface area contributed by atoms with Crippen molar-refractivity contribution in [1.82, 2.24) is 0 Å². The smallest absolute Gasteiger partial charge is 0.313 e. The first-order valence-electron chi connectivity index (χ1n) is 5.31. The lowest BCUT2D eigenvalue weighted by Crippen LogP contribution is -2.38. The Morgan fingerprint density at radius 2 is 1.60 bits per heavy atom. The van der Waals surface area contributed by atoms with Crippen LogP contribution in [-0.4, -0.2) is 13.1 Å². The molecule has 0 aliphatic heterocycles. The Morgan fingerprint density at radius 1 is 1.20 bits per heavy atom. The van der Waals surface area contributed by atoms with Gasteiger partial charge in [0.05, 0.1) is 18.6 Å². The van der Waals surface area contributed by atoms with E-state index in [2.05, 4.69) is 4.74 Å². The molecule has 0 amide bonds. The van der Waals surface area contributed by atoms with Gasteiger partial charge in [-0.1, -0.05) is 0 Å². The number of halogens is 5. The molecule has 2 N–H and O–H groups in total. The number of carbonyl (C=O) groups is 1. The SMILES string of the molecule is COC(=O)C(C)(C)[C@H](N)c1c(F)c(F)cc(F)c1F.Cl. The van der Waals surface area contributed by atoms with Gasteiger partial charge in [-0.2, -0.15) is 0 Å². The molecule has 0 radical (unpaired) electrons. The molecule has 1 rings (SSSR count). The highest BCUT2D eigenvalue weighted by Crippen LogP contribution is 2.36. The van der Waals surface area contributed by atoms with E-state index in [1.54, 1.807) is 0 Å². The van der Waals surface area contributed by atoms with E-state index in [4.69, 9.17) is 5.73 Å². The molecule has 0 aromatic heterocycles. The average Bonchev–Trinajstić information content (AvgIpc) is 2.35. The van der Waals surface area contributed by atoms with Gasteiger partial charge < -0.3 is 10.5 Å². The number of benzene rings is 1. The lowest BCUT2D eigenvalue weighted by Gasteiger charge is -2.29. The second kappa shape index (κ2) is 6.41. The predicted molar refractivity (Wildman–Crippen MR) is 66.2 cm³/mol. The van der Waals surface area contributed by atoms with Gasteiger partial charge in [-0.15, -0.1) is 12.4 Å². The maximum absolute atomic E-state index is 13.6. The summed E-state index contributed by atoms with van der Waals surface area (Å²) in [6, 6.07) is -1.53. The molecule has 0 aliphatic rings. The quantitative estimate of drug-likeness (QED) is 0.530. The van der Waals surface area contributed by atoms with Crippen molar-refractivity contribution in [3.8, 4) is 0 Å². The van der Waals surface area contributed by atoms with Crippen LogP contribution in [-0.2, 0) is 9.53 Å². The zero-order chi connectivity index (χ0) is 15.0. The number of hydrogen-bond donors (Lipinski definition) is 1. The molecule has 3 nitrogen and oxygen atoms in total. The Labute approximate surface area is 119 Å². The monoisotopic (exact) mass is 315 g/mol. The lowest BCUT2D eigenvalue weighted by atomic mass is 9.80. The van der Waals surface area contributed by atoms with E-state index < -0.39 is 46.3 Å². The van der Waals surface area contributed by atoms with Crippen molar-refractivity contribution in [1.29, 1.82) is 0 Å². The second-order valence-corrected chi connectivity index (χ2v) is 4.57. The molecule has 1 aromatic rings. The van der Waals surface area contributed by atoms with Gasteiger partial charge in [0, 0.05) is 11.6 Å². The van der Waals surface area contributed by atoms with E-state index in [0.717, 1.165) is 7.11 Å². The van der Waals surface area contributed by atoms with Gasteiger partial charge in [0.1, 0.15) is 0 Å². The Hall–Kier alpha value is -1.34. The van der Waals surface area contributed by atoms with Gasteiger partial charge in [0.15, 0.2) is 23.3 Å². The van der Waals surface area contributed by atoms with E-state index in [-0.39, 0.29) is 18.5 Å². The first kappa shape index (κ1) is 18.7. The van der Waals surface area contributed by atoms with Gasteiger partial charge in [-0.25, -0.2) is 17.6 Å². The number of rotatable bonds is 3. The van der Waals surface area contributed by atoms with Crippen LogP contribution in [0.5, 0.6) is 0 Å². The molecule has 0 saturated heterocycles. The standard InChI is InChI=1S/C12H13F4NO2.ClH/c1-12(2,11(18)19-3)10(17)7-8(15)5(13)4-6(14)9(7)16;/h4,10H,17H2,1-3H3;1H/t10-;/m1./s1. The molecule has 0 fully saturated rings. The summed E-state index contributed by atoms with van der Waals surface area (Å²) in [6.07, 6.45) is 0. The minimum atomic E-state index is -1.62. The molecule has 20 heavy (non-hydrogen) atoms. The molecule has 0 unspecified atom stereocenters. The third-order valence-corrected chi connectivity index (χ3v) is 2.95. The first-order valence-corrected chi connectivity index (χ1v) is 5.31. The zero-order valence-electron chi connectivity index (χ0n) is 11.0. The summed E-state index contributed by atoms with van der Waals surface area (Å²) in [5.41, 5.74) is 3.00. The molecule has 1 aromatic carbocycles. The van der Waals surface area contributed by atoms with Crippen LogP contribution in [0.4, 0.5) is 17.6 Å². The van der Waals surface area contributed by atoms with Gasteiger partial charge in [0.2, 0.25) is 0 Å². The molecule has 8 heteroatoms. The summed E-state index contributed by atoms with van der Waals surface area (Å²) in [5.74, 6) is -7.26. The Bertz CT molecular complexity index is 496. The number of carbonyl (C=O) groups excluding carboxylic acids is 1. The highest BCUT2D eigenvalue weighted by Gasteiger charge is 2.40. The van der Waals surface area contributed by atoms with Crippen LogP contribution in [0.25, 0.3) is 0 Å². The lowest BCUT2D eigenvalue weighted by molar-refractivity contribution is -0.152. The molecule has 0 heterocycles. The fourth-order valence-electron chi connectivity index (χ4n) is 1.62. The molecular weight excluding hydrogens is 302 g/mol. The van der Waals surface area contributed by atoms with E-state index in [1.807, 2.05) is 0 Å². The normalized spacial score (nSPS) is 12.6. The van der Waals surface area contributed by atoms with Crippen LogP contribution < -0.4 is 5.73 Å². The van der Waals surface area contributed by atoms with Gasteiger partial charge in [-0.05, 0) is 13.8 Å². The van der Waals surface area contributed by atoms with Crippen LogP contribution in [0.15, 0.2) is 6.07 Å². The summed E-state index contributed by atoms with van der Waals surface area (Å²) >= 11 is 0. The molecule has 1 atom stereocenters. The van der Waals surface area contributed by atoms with Crippen molar-refractivity contribution in [2.45, 2.75) is 19.9 Å². The van der Waals surface area contributed by atoms with Crippen LogP contribution in [0.2, 0.25) is 0 Å². The summed E-state index contributed by atoms with van der Waals surface area (Å²) < 4.78 is 57.8. The Balaban J connectivity index is 0.00000361. The molecule has 0 spiro atoms. The van der Waals surface area contributed by atoms with Crippen molar-refractivity contribution in [3.05, 3.63) is 34.9 Å². The predicted octanol–water partition coefficient (Wildman–Crippen LogP) is 2.86. The summed E-state index contributed by atoms with van der Waals surface area (Å²) in [5, 5.41) is 0. The summed E-state index contributed by atoms with van der Waals surface area (Å²) in [7, 11) is 1.07. The van der Waals surface area contributed by atoms with Crippen LogP contribution in [0.1, 0.15) is 25.5 Å². The van der Waals surface area contributed by atoms with E-state index in [1.165, 1.54) is 13.8 Å². The van der Waals surface area contributed by atoms with Crippen molar-refractivity contribution in [2.24, 2.45) is 11.1 Å². The fourth-order valence-corrected chi connectivity index (χ4v) is 1.62. The molecule has 114 valence electrons. The maximum Gasteiger partial charge on any atom is 0.313 e. The van der Waals surface area contributed by atoms with Gasteiger partial charge >= 0.3 is 5.97 Å². The molecule has 0 bridgehead atoms. The topological polar surface area (TPSA) is 52.3 Å². The summed E-state index contributed by atoms with van der Waals surface area (Å²) in [6.45, 7) is 2.51. The number of methoxy groups -OCH3 is 1.